The van der Waals surface area contributed by atoms with Crippen LogP contribution in [-0.2, 0) is 0 Å². The minimum absolute atomic E-state index is 0.193. The summed E-state index contributed by atoms with van der Waals surface area (Å²) in [6, 6.07) is 0.193. The van der Waals surface area contributed by atoms with Crippen LogP contribution in [-0.4, -0.2) is 75.0 Å². The largest absolute Gasteiger partial charge is 0.351 e. The first-order valence-corrected chi connectivity index (χ1v) is 8.26. The van der Waals surface area contributed by atoms with Crippen LogP contribution in [0.4, 0.5) is 10.6 Å². The molecule has 122 valence electrons. The van der Waals surface area contributed by atoms with Gasteiger partial charge in [-0.05, 0) is 19.3 Å². The van der Waals surface area contributed by atoms with Gasteiger partial charge in [0.1, 0.15) is 11.8 Å². The van der Waals surface area contributed by atoms with Gasteiger partial charge in [0.05, 0.1) is 6.33 Å². The highest BCUT2D eigenvalue weighted by molar-refractivity contribution is 5.83. The molecular weight excluding hydrogens is 294 g/mol. The second kappa shape index (κ2) is 6.02. The van der Waals surface area contributed by atoms with E-state index in [0.29, 0.717) is 5.65 Å². The second-order valence-electron chi connectivity index (χ2n) is 6.10. The van der Waals surface area contributed by atoms with Crippen LogP contribution in [0.15, 0.2) is 12.7 Å². The molecule has 0 atom stereocenters. The van der Waals surface area contributed by atoms with Gasteiger partial charge in [-0.25, -0.2) is 19.7 Å². The van der Waals surface area contributed by atoms with Gasteiger partial charge in [0.15, 0.2) is 11.5 Å². The van der Waals surface area contributed by atoms with E-state index in [4.69, 9.17) is 0 Å². The maximum absolute atomic E-state index is 12.6. The van der Waals surface area contributed by atoms with E-state index in [1.165, 1.54) is 6.42 Å². The number of H-pyrrole nitrogens is 1. The minimum Gasteiger partial charge on any atom is -0.351 e. The summed E-state index contributed by atoms with van der Waals surface area (Å²) in [6.45, 7) is 4.83. The number of nitrogens with one attached hydrogen (secondary N) is 1. The Labute approximate surface area is 134 Å². The first kappa shape index (κ1) is 14.2. The highest BCUT2D eigenvalue weighted by Crippen LogP contribution is 2.21. The van der Waals surface area contributed by atoms with Gasteiger partial charge in [0.2, 0.25) is 0 Å². The highest BCUT2D eigenvalue weighted by atomic mass is 16.2. The lowest BCUT2D eigenvalue weighted by Gasteiger charge is -2.39. The number of carbonyl (C=O) groups is 1. The van der Waals surface area contributed by atoms with Crippen molar-refractivity contribution in [3.63, 3.8) is 0 Å². The Morgan fingerprint density at radius 2 is 1.65 bits per heavy atom. The number of amides is 2. The summed E-state index contributed by atoms with van der Waals surface area (Å²) in [6.07, 6.45) is 6.68. The fourth-order valence-electron chi connectivity index (χ4n) is 3.39. The maximum Gasteiger partial charge on any atom is 0.320 e. The number of hydrogen-bond acceptors (Lipinski definition) is 5. The van der Waals surface area contributed by atoms with E-state index in [9.17, 15) is 4.79 Å². The molecule has 0 bridgehead atoms. The molecule has 0 saturated carbocycles. The van der Waals surface area contributed by atoms with Crippen LogP contribution < -0.4 is 4.90 Å². The molecule has 0 aromatic carbocycles. The molecule has 2 aromatic rings. The van der Waals surface area contributed by atoms with Gasteiger partial charge in [-0.2, -0.15) is 0 Å². The number of rotatable bonds is 1. The quantitative estimate of drug-likeness (QED) is 0.851. The molecule has 1 N–H and O–H groups in total. The number of carbonyl (C=O) groups excluding carboxylic acids is 1. The average molecular weight is 315 g/mol. The van der Waals surface area contributed by atoms with Crippen LogP contribution in [0.5, 0.6) is 0 Å². The standard InChI is InChI=1S/C15H21N7O/c23-15(21-4-2-1-3-5-21)22-8-6-20(7-9-22)14-12-13(17-10-16-12)18-11-19-14/h10-11H,1-9H2,(H,16,17,18,19). The van der Waals surface area contributed by atoms with E-state index in [2.05, 4.69) is 24.8 Å². The van der Waals surface area contributed by atoms with Crippen molar-refractivity contribution in [1.29, 1.82) is 0 Å². The zero-order valence-electron chi connectivity index (χ0n) is 13.1. The third kappa shape index (κ3) is 2.69. The van der Waals surface area contributed by atoms with E-state index >= 15 is 0 Å². The Balaban J connectivity index is 1.42. The Kier molecular flexibility index (Phi) is 3.72. The molecular formula is C15H21N7O. The zero-order chi connectivity index (χ0) is 15.6. The van der Waals surface area contributed by atoms with Crippen molar-refractivity contribution in [2.45, 2.75) is 19.3 Å². The summed E-state index contributed by atoms with van der Waals surface area (Å²) < 4.78 is 0. The number of aromatic amines is 1. The van der Waals surface area contributed by atoms with E-state index in [1.54, 1.807) is 12.7 Å². The van der Waals surface area contributed by atoms with Crippen molar-refractivity contribution >= 4 is 23.0 Å². The first-order chi connectivity index (χ1) is 11.3. The van der Waals surface area contributed by atoms with Crippen LogP contribution in [0.25, 0.3) is 11.2 Å². The molecule has 0 radical (unpaired) electrons. The molecule has 2 fully saturated rings. The first-order valence-electron chi connectivity index (χ1n) is 8.26. The Morgan fingerprint density at radius 3 is 2.43 bits per heavy atom. The van der Waals surface area contributed by atoms with Crippen molar-refractivity contribution in [2.24, 2.45) is 0 Å². The van der Waals surface area contributed by atoms with E-state index < -0.39 is 0 Å². The summed E-state index contributed by atoms with van der Waals surface area (Å²) in [7, 11) is 0. The number of imidazole rings is 1. The molecule has 4 heterocycles. The molecule has 4 rings (SSSR count). The monoisotopic (exact) mass is 315 g/mol. The lowest BCUT2D eigenvalue weighted by molar-refractivity contribution is 0.141. The van der Waals surface area contributed by atoms with Crippen molar-refractivity contribution < 1.29 is 4.79 Å². The summed E-state index contributed by atoms with van der Waals surface area (Å²) in [5.41, 5.74) is 1.55. The van der Waals surface area contributed by atoms with Crippen LogP contribution >= 0.6 is 0 Å². The summed E-state index contributed by atoms with van der Waals surface area (Å²) >= 11 is 0. The summed E-state index contributed by atoms with van der Waals surface area (Å²) in [5, 5.41) is 0. The van der Waals surface area contributed by atoms with Gasteiger partial charge in [-0.15, -0.1) is 0 Å². The van der Waals surface area contributed by atoms with Crippen molar-refractivity contribution in [1.82, 2.24) is 29.7 Å². The minimum atomic E-state index is 0.193. The van der Waals surface area contributed by atoms with Gasteiger partial charge >= 0.3 is 6.03 Å². The third-order valence-electron chi connectivity index (χ3n) is 4.68. The number of likely N-dealkylation sites (tertiary alicyclic amines) is 1. The fourth-order valence-corrected chi connectivity index (χ4v) is 3.39. The Morgan fingerprint density at radius 1 is 0.913 bits per heavy atom. The zero-order valence-corrected chi connectivity index (χ0v) is 13.1. The van der Waals surface area contributed by atoms with Gasteiger partial charge < -0.3 is 19.7 Å². The molecule has 2 aliphatic rings. The normalized spacial score (nSPS) is 19.4. The Hall–Kier alpha value is -2.38. The number of nitrogens with zero attached hydrogens (tertiary/aromatic N) is 6. The van der Waals surface area contributed by atoms with E-state index in [1.807, 2.05) is 9.80 Å². The Bertz CT molecular complexity index is 686. The van der Waals surface area contributed by atoms with Crippen molar-refractivity contribution in [3.05, 3.63) is 12.7 Å². The number of hydrogen-bond donors (Lipinski definition) is 1. The molecule has 23 heavy (non-hydrogen) atoms. The molecule has 2 aromatic heterocycles. The lowest BCUT2D eigenvalue weighted by Crippen LogP contribution is -2.53. The molecule has 0 spiro atoms. The smallest absolute Gasteiger partial charge is 0.320 e. The van der Waals surface area contributed by atoms with Crippen LogP contribution in [0, 0.1) is 0 Å². The molecule has 8 heteroatoms. The van der Waals surface area contributed by atoms with Gasteiger partial charge in [0.25, 0.3) is 0 Å². The number of piperidine rings is 1. The summed E-state index contributed by atoms with van der Waals surface area (Å²) in [5.74, 6) is 0.873. The highest BCUT2D eigenvalue weighted by Gasteiger charge is 2.27. The molecule has 2 saturated heterocycles. The predicted octanol–water partition coefficient (Wildman–Crippen LogP) is 1.08. The molecule has 2 amide bonds. The summed E-state index contributed by atoms with van der Waals surface area (Å²) in [4.78, 5) is 34.5. The predicted molar refractivity (Wildman–Crippen MR) is 86.3 cm³/mol. The fraction of sp³-hybridized carbons (Fsp3) is 0.600. The maximum atomic E-state index is 12.6. The van der Waals surface area contributed by atoms with E-state index in [-0.39, 0.29) is 6.03 Å². The topological polar surface area (TPSA) is 81.2 Å². The molecule has 8 nitrogen and oxygen atoms in total. The number of piperazine rings is 1. The van der Waals surface area contributed by atoms with Gasteiger partial charge in [0, 0.05) is 39.3 Å². The number of fused-ring (bicyclic) bond motifs is 1. The SMILES string of the molecule is O=C(N1CCCCC1)N1CCN(c2ncnc3nc[nH]c23)CC1. The number of aromatic nitrogens is 4. The number of urea groups is 1. The number of anilines is 1. The second-order valence-corrected chi connectivity index (χ2v) is 6.10. The van der Waals surface area contributed by atoms with Gasteiger partial charge in [-0.1, -0.05) is 0 Å². The molecule has 2 aliphatic heterocycles. The van der Waals surface area contributed by atoms with E-state index in [0.717, 1.165) is 63.4 Å². The van der Waals surface area contributed by atoms with Crippen molar-refractivity contribution in [2.75, 3.05) is 44.2 Å². The lowest BCUT2D eigenvalue weighted by atomic mass is 10.1. The third-order valence-corrected chi connectivity index (χ3v) is 4.68. The van der Waals surface area contributed by atoms with Crippen molar-refractivity contribution in [3.8, 4) is 0 Å². The average Bonchev–Trinajstić information content (AvgIpc) is 3.11. The molecule has 0 aliphatic carbocycles. The molecule has 0 unspecified atom stereocenters. The van der Waals surface area contributed by atoms with Crippen LogP contribution in [0.2, 0.25) is 0 Å². The van der Waals surface area contributed by atoms with Crippen LogP contribution in [0.3, 0.4) is 0 Å². The van der Waals surface area contributed by atoms with Crippen LogP contribution in [0.1, 0.15) is 19.3 Å². The van der Waals surface area contributed by atoms with Gasteiger partial charge in [-0.3, -0.25) is 0 Å².